The molecule has 12 heteroatoms. The summed E-state index contributed by atoms with van der Waals surface area (Å²) in [7, 11) is 0. The number of piperazine rings is 1. The van der Waals surface area contributed by atoms with Crippen molar-refractivity contribution in [2.45, 2.75) is 19.6 Å². The van der Waals surface area contributed by atoms with Gasteiger partial charge in [0.15, 0.2) is 11.4 Å². The number of rotatable bonds is 5. The molecule has 0 atom stereocenters. The summed E-state index contributed by atoms with van der Waals surface area (Å²) in [6.07, 6.45) is -3.19. The lowest BCUT2D eigenvalue weighted by atomic mass is 10.1. The van der Waals surface area contributed by atoms with E-state index in [0.29, 0.717) is 67.6 Å². The summed E-state index contributed by atoms with van der Waals surface area (Å²) in [5, 5.41) is 0. The van der Waals surface area contributed by atoms with Crippen molar-refractivity contribution < 1.29 is 17.6 Å². The SMILES string of the molecule is Cc1ccc(-c2nc(N)nc3c2ncc(=O)n3CCN2CCN(c3ccccc3C(F)(F)F)CC2)o1. The minimum absolute atomic E-state index is 0.00959. The quantitative estimate of drug-likeness (QED) is 0.446. The molecule has 5 rings (SSSR count). The smallest absolute Gasteiger partial charge is 0.418 e. The molecule has 0 radical (unpaired) electrons. The van der Waals surface area contributed by atoms with Gasteiger partial charge in [0.05, 0.1) is 11.8 Å². The number of aromatic nitrogens is 4. The van der Waals surface area contributed by atoms with E-state index in [4.69, 9.17) is 10.2 Å². The Bertz CT molecular complexity index is 1460. The molecule has 1 aromatic carbocycles. The van der Waals surface area contributed by atoms with E-state index in [9.17, 15) is 18.0 Å². The zero-order valence-electron chi connectivity index (χ0n) is 19.5. The summed E-state index contributed by atoms with van der Waals surface area (Å²) in [6.45, 7) is 4.61. The minimum atomic E-state index is -4.41. The fourth-order valence-electron chi connectivity index (χ4n) is 4.45. The minimum Gasteiger partial charge on any atom is -0.460 e. The van der Waals surface area contributed by atoms with Gasteiger partial charge in [-0.1, -0.05) is 12.1 Å². The van der Waals surface area contributed by atoms with Crippen LogP contribution in [0.3, 0.4) is 0 Å². The van der Waals surface area contributed by atoms with Crippen LogP contribution in [0.1, 0.15) is 11.3 Å². The van der Waals surface area contributed by atoms with Crippen molar-refractivity contribution in [1.29, 1.82) is 0 Å². The molecule has 0 saturated carbocycles. The molecule has 1 saturated heterocycles. The van der Waals surface area contributed by atoms with E-state index in [0.717, 1.165) is 6.07 Å². The fourth-order valence-corrected chi connectivity index (χ4v) is 4.45. The number of aryl methyl sites for hydroxylation is 1. The number of nitrogens with zero attached hydrogens (tertiary/aromatic N) is 6. The van der Waals surface area contributed by atoms with Crippen LogP contribution >= 0.6 is 0 Å². The van der Waals surface area contributed by atoms with Crippen molar-refractivity contribution in [2.24, 2.45) is 0 Å². The first kappa shape index (κ1) is 23.8. The Morgan fingerprint density at radius 3 is 2.47 bits per heavy atom. The summed E-state index contributed by atoms with van der Waals surface area (Å²) >= 11 is 0. The Morgan fingerprint density at radius 1 is 1.03 bits per heavy atom. The number of para-hydroxylation sites is 1. The molecular formula is C24H24F3N7O2. The molecule has 36 heavy (non-hydrogen) atoms. The van der Waals surface area contributed by atoms with E-state index < -0.39 is 11.7 Å². The number of alkyl halides is 3. The monoisotopic (exact) mass is 499 g/mol. The van der Waals surface area contributed by atoms with Gasteiger partial charge in [-0.15, -0.1) is 0 Å². The van der Waals surface area contributed by atoms with Crippen molar-refractivity contribution in [2.75, 3.05) is 43.4 Å². The van der Waals surface area contributed by atoms with Gasteiger partial charge in [0.25, 0.3) is 5.56 Å². The van der Waals surface area contributed by atoms with Crippen LogP contribution in [0.5, 0.6) is 0 Å². The third-order valence-corrected chi connectivity index (χ3v) is 6.24. The molecule has 1 aliphatic heterocycles. The highest BCUT2D eigenvalue weighted by molar-refractivity contribution is 5.86. The second kappa shape index (κ2) is 9.26. The highest BCUT2D eigenvalue weighted by atomic mass is 19.4. The highest BCUT2D eigenvalue weighted by Gasteiger charge is 2.35. The topological polar surface area (TPSA) is 106 Å². The predicted molar refractivity (Wildman–Crippen MR) is 129 cm³/mol. The third kappa shape index (κ3) is 4.63. The zero-order chi connectivity index (χ0) is 25.4. The van der Waals surface area contributed by atoms with E-state index in [2.05, 4.69) is 19.9 Å². The normalized spacial score (nSPS) is 15.1. The van der Waals surface area contributed by atoms with Crippen LogP contribution in [0.25, 0.3) is 22.6 Å². The molecule has 188 valence electrons. The first-order chi connectivity index (χ1) is 17.2. The average molecular weight is 499 g/mol. The van der Waals surface area contributed by atoms with Crippen molar-refractivity contribution in [3.8, 4) is 11.5 Å². The second-order valence-corrected chi connectivity index (χ2v) is 8.60. The number of nitrogen functional groups attached to an aromatic ring is 1. The fraction of sp³-hybridized carbons (Fsp3) is 0.333. The molecule has 4 heterocycles. The molecule has 0 unspecified atom stereocenters. The Balaban J connectivity index is 1.34. The zero-order valence-corrected chi connectivity index (χ0v) is 19.5. The van der Waals surface area contributed by atoms with Gasteiger partial charge in [0.1, 0.15) is 17.0 Å². The van der Waals surface area contributed by atoms with Crippen molar-refractivity contribution in [3.05, 3.63) is 64.3 Å². The Labute approximate surface area is 204 Å². The van der Waals surface area contributed by atoms with Crippen LogP contribution in [0, 0.1) is 6.92 Å². The molecule has 1 fully saturated rings. The summed E-state index contributed by atoms with van der Waals surface area (Å²) in [4.78, 5) is 29.3. The number of fused-ring (bicyclic) bond motifs is 1. The Hall–Kier alpha value is -3.93. The van der Waals surface area contributed by atoms with E-state index >= 15 is 0 Å². The number of hydrogen-bond donors (Lipinski definition) is 1. The Morgan fingerprint density at radius 2 is 1.78 bits per heavy atom. The average Bonchev–Trinajstić information content (AvgIpc) is 3.29. The van der Waals surface area contributed by atoms with Crippen LogP contribution in [0.4, 0.5) is 24.8 Å². The lowest BCUT2D eigenvalue weighted by Gasteiger charge is -2.37. The molecule has 0 amide bonds. The standard InChI is InChI=1S/C24H24F3N7O2/c1-15-6-7-18(36-15)20-21-22(31-23(28)30-20)34(19(35)14-29-21)13-10-32-8-11-33(12-9-32)17-5-3-2-4-16(17)24(25,26)27/h2-7,14H,8-13H2,1H3,(H2,28,30,31). The summed E-state index contributed by atoms with van der Waals surface area (Å²) in [5.74, 6) is 1.16. The Kier molecular flexibility index (Phi) is 6.12. The summed E-state index contributed by atoms with van der Waals surface area (Å²) < 4.78 is 47.4. The maximum Gasteiger partial charge on any atom is 0.418 e. The van der Waals surface area contributed by atoms with Crippen LogP contribution in [-0.4, -0.2) is 57.1 Å². The second-order valence-electron chi connectivity index (χ2n) is 8.60. The van der Waals surface area contributed by atoms with Crippen molar-refractivity contribution in [1.82, 2.24) is 24.4 Å². The molecule has 4 aromatic rings. The maximum atomic E-state index is 13.4. The highest BCUT2D eigenvalue weighted by Crippen LogP contribution is 2.36. The first-order valence-electron chi connectivity index (χ1n) is 11.4. The molecule has 0 spiro atoms. The number of furan rings is 1. The van der Waals surface area contributed by atoms with Gasteiger partial charge in [0.2, 0.25) is 5.95 Å². The largest absolute Gasteiger partial charge is 0.460 e. The molecule has 1 aliphatic rings. The number of benzene rings is 1. The molecule has 2 N–H and O–H groups in total. The van der Waals surface area contributed by atoms with Crippen molar-refractivity contribution >= 4 is 22.8 Å². The first-order valence-corrected chi connectivity index (χ1v) is 11.4. The van der Waals surface area contributed by atoms with Crippen LogP contribution in [0.2, 0.25) is 0 Å². The maximum absolute atomic E-state index is 13.4. The van der Waals surface area contributed by atoms with Gasteiger partial charge in [-0.2, -0.15) is 18.2 Å². The molecule has 0 aliphatic carbocycles. The van der Waals surface area contributed by atoms with Gasteiger partial charge >= 0.3 is 6.18 Å². The molecule has 0 bridgehead atoms. The third-order valence-electron chi connectivity index (χ3n) is 6.24. The lowest BCUT2D eigenvalue weighted by Crippen LogP contribution is -2.48. The summed E-state index contributed by atoms with van der Waals surface area (Å²) in [5.41, 5.74) is 6.26. The van der Waals surface area contributed by atoms with Gasteiger partial charge in [-0.05, 0) is 31.2 Å². The number of hydrogen-bond acceptors (Lipinski definition) is 8. The molecular weight excluding hydrogens is 475 g/mol. The van der Waals surface area contributed by atoms with Crippen LogP contribution in [0.15, 0.2) is 51.8 Å². The van der Waals surface area contributed by atoms with E-state index in [-0.39, 0.29) is 17.2 Å². The van der Waals surface area contributed by atoms with Gasteiger partial charge in [-0.3, -0.25) is 14.3 Å². The van der Waals surface area contributed by atoms with E-state index in [1.165, 1.54) is 22.9 Å². The van der Waals surface area contributed by atoms with Gasteiger partial charge < -0.3 is 15.1 Å². The van der Waals surface area contributed by atoms with Gasteiger partial charge in [0, 0.05) is 45.0 Å². The number of anilines is 2. The molecule has 3 aromatic heterocycles. The van der Waals surface area contributed by atoms with E-state index in [1.54, 1.807) is 30.0 Å². The summed E-state index contributed by atoms with van der Waals surface area (Å²) in [6, 6.07) is 9.17. The predicted octanol–water partition coefficient (Wildman–Crippen LogP) is 3.18. The number of halogens is 3. The van der Waals surface area contributed by atoms with Crippen LogP contribution in [-0.2, 0) is 12.7 Å². The van der Waals surface area contributed by atoms with Gasteiger partial charge in [-0.25, -0.2) is 9.97 Å². The van der Waals surface area contributed by atoms with E-state index in [1.807, 2.05) is 0 Å². The van der Waals surface area contributed by atoms with Crippen molar-refractivity contribution in [3.63, 3.8) is 0 Å². The van der Waals surface area contributed by atoms with Crippen LogP contribution < -0.4 is 16.2 Å². The lowest BCUT2D eigenvalue weighted by molar-refractivity contribution is -0.137. The molecule has 9 nitrogen and oxygen atoms in total. The number of nitrogens with two attached hydrogens (primary N) is 1.